The molecule has 0 amide bonds. The van der Waals surface area contributed by atoms with E-state index in [9.17, 15) is 0 Å². The van der Waals surface area contributed by atoms with Crippen molar-refractivity contribution in [3.05, 3.63) is 33.8 Å². The molecule has 0 spiro atoms. The Kier molecular flexibility index (Phi) is 3.35. The molecule has 2 N–H and O–H groups in total. The molecule has 0 aliphatic heterocycles. The van der Waals surface area contributed by atoms with Crippen LogP contribution >= 0.6 is 22.7 Å². The lowest BCUT2D eigenvalue weighted by Gasteiger charge is -2.14. The molecule has 4 nitrogen and oxygen atoms in total. The van der Waals surface area contributed by atoms with Crippen LogP contribution in [0.4, 0.5) is 11.8 Å². The molecule has 0 radical (unpaired) electrons. The topological polar surface area (TPSA) is 49.8 Å². The molecule has 0 aliphatic rings. The maximum atomic E-state index is 4.52. The summed E-state index contributed by atoms with van der Waals surface area (Å²) in [5.74, 6) is 1.53. The van der Waals surface area contributed by atoms with Crippen molar-refractivity contribution in [2.45, 2.75) is 13.0 Å². The van der Waals surface area contributed by atoms with Gasteiger partial charge in [0.05, 0.1) is 11.4 Å². The summed E-state index contributed by atoms with van der Waals surface area (Å²) < 4.78 is 0. The fourth-order valence-electron chi connectivity index (χ4n) is 1.89. The second-order valence-corrected chi connectivity index (χ2v) is 6.04. The summed E-state index contributed by atoms with van der Waals surface area (Å²) in [6, 6.07) is 6.50. The highest BCUT2D eigenvalue weighted by molar-refractivity contribution is 7.16. The van der Waals surface area contributed by atoms with E-state index < -0.39 is 0 Å². The second-order valence-electron chi connectivity index (χ2n) is 4.17. The van der Waals surface area contributed by atoms with E-state index in [-0.39, 0.29) is 6.04 Å². The van der Waals surface area contributed by atoms with Crippen LogP contribution in [0.25, 0.3) is 10.2 Å². The highest BCUT2D eigenvalue weighted by Crippen LogP contribution is 2.30. The Hall–Kier alpha value is -1.66. The first-order chi connectivity index (χ1) is 9.28. The van der Waals surface area contributed by atoms with Gasteiger partial charge in [0.15, 0.2) is 0 Å². The van der Waals surface area contributed by atoms with Crippen molar-refractivity contribution in [1.82, 2.24) is 9.97 Å². The number of nitrogens with zero attached hydrogens (tertiary/aromatic N) is 2. The lowest BCUT2D eigenvalue weighted by Crippen LogP contribution is -2.08. The van der Waals surface area contributed by atoms with Crippen LogP contribution in [0.15, 0.2) is 29.0 Å². The Morgan fingerprint density at radius 1 is 1.16 bits per heavy atom. The number of aromatic nitrogens is 2. The van der Waals surface area contributed by atoms with Gasteiger partial charge < -0.3 is 10.6 Å². The summed E-state index contributed by atoms with van der Waals surface area (Å²) in [5.41, 5.74) is 0. The molecular formula is C13H14N4S2. The van der Waals surface area contributed by atoms with Crippen LogP contribution in [-0.2, 0) is 0 Å². The summed E-state index contributed by atoms with van der Waals surface area (Å²) in [6.07, 6.45) is 0. The van der Waals surface area contributed by atoms with Crippen LogP contribution in [0.3, 0.4) is 0 Å². The molecule has 0 fully saturated rings. The van der Waals surface area contributed by atoms with Gasteiger partial charge in [-0.05, 0) is 29.8 Å². The van der Waals surface area contributed by atoms with Crippen molar-refractivity contribution in [3.63, 3.8) is 0 Å². The monoisotopic (exact) mass is 290 g/mol. The predicted octanol–water partition coefficient (Wildman–Crippen LogP) is 3.97. The third-order valence-corrected chi connectivity index (χ3v) is 4.73. The minimum Gasteiger partial charge on any atom is -0.362 e. The molecule has 1 unspecified atom stereocenters. The molecule has 6 heteroatoms. The number of fused-ring (bicyclic) bond motifs is 1. The lowest BCUT2D eigenvalue weighted by molar-refractivity contribution is 0.898. The maximum Gasteiger partial charge on any atom is 0.225 e. The highest BCUT2D eigenvalue weighted by Gasteiger charge is 2.12. The molecule has 98 valence electrons. The zero-order valence-electron chi connectivity index (χ0n) is 10.7. The van der Waals surface area contributed by atoms with Gasteiger partial charge in [-0.1, -0.05) is 6.07 Å². The molecule has 3 aromatic rings. The number of anilines is 2. The predicted molar refractivity (Wildman–Crippen MR) is 83.3 cm³/mol. The van der Waals surface area contributed by atoms with E-state index in [4.69, 9.17) is 0 Å². The van der Waals surface area contributed by atoms with Gasteiger partial charge in [0.2, 0.25) is 5.95 Å². The molecule has 0 aliphatic carbocycles. The lowest BCUT2D eigenvalue weighted by atomic mass is 10.2. The maximum absolute atomic E-state index is 4.52. The van der Waals surface area contributed by atoms with E-state index in [1.165, 1.54) is 4.88 Å². The van der Waals surface area contributed by atoms with Gasteiger partial charge in [-0.25, -0.2) is 4.98 Å². The van der Waals surface area contributed by atoms with Gasteiger partial charge in [-0.3, -0.25) is 0 Å². The van der Waals surface area contributed by atoms with E-state index >= 15 is 0 Å². The van der Waals surface area contributed by atoms with Crippen molar-refractivity contribution in [2.75, 3.05) is 17.7 Å². The fraction of sp³-hybridized carbons (Fsp3) is 0.231. The smallest absolute Gasteiger partial charge is 0.225 e. The zero-order valence-corrected chi connectivity index (χ0v) is 12.3. The van der Waals surface area contributed by atoms with E-state index in [1.54, 1.807) is 22.7 Å². The summed E-state index contributed by atoms with van der Waals surface area (Å²) >= 11 is 3.38. The highest BCUT2D eigenvalue weighted by atomic mass is 32.1. The zero-order chi connectivity index (χ0) is 13.2. The molecular weight excluding hydrogens is 276 g/mol. The number of rotatable bonds is 4. The summed E-state index contributed by atoms with van der Waals surface area (Å²) in [5, 5.41) is 11.7. The van der Waals surface area contributed by atoms with Gasteiger partial charge in [0.1, 0.15) is 10.6 Å². The molecule has 3 rings (SSSR count). The van der Waals surface area contributed by atoms with Gasteiger partial charge in [0.25, 0.3) is 0 Å². The van der Waals surface area contributed by atoms with Crippen molar-refractivity contribution in [3.8, 4) is 0 Å². The number of thiophene rings is 2. The first kappa shape index (κ1) is 12.4. The molecule has 0 saturated carbocycles. The van der Waals surface area contributed by atoms with E-state index in [0.717, 1.165) is 16.0 Å². The van der Waals surface area contributed by atoms with Gasteiger partial charge >= 0.3 is 0 Å². The molecule has 0 aromatic carbocycles. The molecule has 0 saturated heterocycles. The summed E-state index contributed by atoms with van der Waals surface area (Å²) in [7, 11) is 1.83. The third kappa shape index (κ3) is 2.41. The van der Waals surface area contributed by atoms with E-state index in [0.29, 0.717) is 5.95 Å². The normalized spacial score (nSPS) is 12.5. The second kappa shape index (κ2) is 5.14. The minimum atomic E-state index is 0.239. The van der Waals surface area contributed by atoms with Gasteiger partial charge in [-0.2, -0.15) is 4.98 Å². The van der Waals surface area contributed by atoms with Crippen molar-refractivity contribution < 1.29 is 0 Å². The van der Waals surface area contributed by atoms with Crippen LogP contribution in [-0.4, -0.2) is 17.0 Å². The third-order valence-electron chi connectivity index (χ3n) is 2.87. The Morgan fingerprint density at radius 3 is 2.79 bits per heavy atom. The Balaban J connectivity index is 1.97. The molecule has 3 aromatic heterocycles. The average molecular weight is 290 g/mol. The van der Waals surface area contributed by atoms with Crippen molar-refractivity contribution in [1.29, 1.82) is 0 Å². The average Bonchev–Trinajstić information content (AvgIpc) is 3.09. The van der Waals surface area contributed by atoms with Crippen LogP contribution in [0.5, 0.6) is 0 Å². The quantitative estimate of drug-likeness (QED) is 0.763. The van der Waals surface area contributed by atoms with Crippen LogP contribution in [0.2, 0.25) is 0 Å². The number of nitrogens with one attached hydrogen (secondary N) is 2. The van der Waals surface area contributed by atoms with Gasteiger partial charge in [0, 0.05) is 11.9 Å². The Bertz CT molecular complexity index is 675. The van der Waals surface area contributed by atoms with Gasteiger partial charge in [-0.15, -0.1) is 22.7 Å². The number of hydrogen-bond donors (Lipinski definition) is 2. The molecule has 1 atom stereocenters. The summed E-state index contributed by atoms with van der Waals surface area (Å²) in [4.78, 5) is 11.3. The SMILES string of the molecule is CNc1nc(NC(C)c2cccs2)c2ccsc2n1. The fourth-order valence-corrected chi connectivity index (χ4v) is 3.39. The first-order valence-corrected chi connectivity index (χ1v) is 7.77. The van der Waals surface area contributed by atoms with Crippen molar-refractivity contribution in [2.24, 2.45) is 0 Å². The Labute approximate surface area is 119 Å². The molecule has 3 heterocycles. The van der Waals surface area contributed by atoms with Crippen LogP contribution < -0.4 is 10.6 Å². The standard InChI is InChI=1S/C13H14N4S2/c1-8(10-4-3-6-18-10)15-11-9-5-7-19-12(9)17-13(14-2)16-11/h3-8H,1-2H3,(H2,14,15,16,17). The minimum absolute atomic E-state index is 0.239. The molecule has 0 bridgehead atoms. The van der Waals surface area contributed by atoms with E-state index in [2.05, 4.69) is 51.1 Å². The Morgan fingerprint density at radius 2 is 2.05 bits per heavy atom. The molecule has 19 heavy (non-hydrogen) atoms. The first-order valence-electron chi connectivity index (χ1n) is 6.01. The van der Waals surface area contributed by atoms with Crippen molar-refractivity contribution >= 4 is 44.7 Å². The van der Waals surface area contributed by atoms with Crippen LogP contribution in [0, 0.1) is 0 Å². The van der Waals surface area contributed by atoms with E-state index in [1.807, 2.05) is 12.4 Å². The van der Waals surface area contributed by atoms with Crippen LogP contribution in [0.1, 0.15) is 17.8 Å². The number of hydrogen-bond acceptors (Lipinski definition) is 6. The largest absolute Gasteiger partial charge is 0.362 e. The summed E-state index contributed by atoms with van der Waals surface area (Å²) in [6.45, 7) is 2.14.